The highest BCUT2D eigenvalue weighted by molar-refractivity contribution is 6.33. The van der Waals surface area contributed by atoms with Crippen molar-refractivity contribution in [3.63, 3.8) is 0 Å². The molecule has 6 heteroatoms. The van der Waals surface area contributed by atoms with Gasteiger partial charge in [-0.3, -0.25) is 4.79 Å². The molecule has 3 aromatic rings. The van der Waals surface area contributed by atoms with Crippen LogP contribution < -0.4 is 10.2 Å². The Morgan fingerprint density at radius 1 is 1.15 bits per heavy atom. The molecule has 1 aliphatic heterocycles. The van der Waals surface area contributed by atoms with Crippen LogP contribution in [0, 0.1) is 0 Å². The molecule has 0 saturated heterocycles. The fraction of sp³-hybridized carbons (Fsp3) is 0.150. The van der Waals surface area contributed by atoms with E-state index in [0.29, 0.717) is 22.4 Å². The molecule has 0 radical (unpaired) electrons. The van der Waals surface area contributed by atoms with Crippen LogP contribution in [0.3, 0.4) is 0 Å². The zero-order valence-corrected chi connectivity index (χ0v) is 14.9. The van der Waals surface area contributed by atoms with E-state index in [1.165, 1.54) is 5.56 Å². The van der Waals surface area contributed by atoms with Gasteiger partial charge in [-0.2, -0.15) is 0 Å². The smallest absolute Gasteiger partial charge is 0.274 e. The van der Waals surface area contributed by atoms with Crippen LogP contribution in [-0.4, -0.2) is 21.9 Å². The summed E-state index contributed by atoms with van der Waals surface area (Å²) < 4.78 is 0. The quantitative estimate of drug-likeness (QED) is 0.745. The van der Waals surface area contributed by atoms with Gasteiger partial charge >= 0.3 is 0 Å². The number of hydrogen-bond donors (Lipinski definition) is 1. The third-order valence-electron chi connectivity index (χ3n) is 4.42. The molecule has 0 spiro atoms. The first-order valence-electron chi connectivity index (χ1n) is 8.39. The van der Waals surface area contributed by atoms with E-state index in [0.717, 1.165) is 12.1 Å². The summed E-state index contributed by atoms with van der Waals surface area (Å²) >= 11 is 6.11. The largest absolute Gasteiger partial charge is 0.319 e. The Bertz CT molecular complexity index is 975. The topological polar surface area (TPSA) is 58.1 Å². The average molecular weight is 365 g/mol. The van der Waals surface area contributed by atoms with Crippen molar-refractivity contribution in [2.75, 3.05) is 10.2 Å². The molecule has 1 aliphatic rings. The molecule has 1 amide bonds. The zero-order valence-electron chi connectivity index (χ0n) is 14.2. The normalized spacial score (nSPS) is 15.6. The molecule has 2 aromatic carbocycles. The van der Waals surface area contributed by atoms with Gasteiger partial charge in [0.15, 0.2) is 0 Å². The molecule has 0 aliphatic carbocycles. The number of carbonyl (C=O) groups excluding carboxylic acids is 1. The molecule has 1 aromatic heterocycles. The predicted octanol–water partition coefficient (Wildman–Crippen LogP) is 4.47. The lowest BCUT2D eigenvalue weighted by molar-refractivity contribution is 0.102. The molecule has 0 bridgehead atoms. The lowest BCUT2D eigenvalue weighted by Crippen LogP contribution is -2.27. The summed E-state index contributed by atoms with van der Waals surface area (Å²) in [5.41, 5.74) is 3.20. The first-order valence-corrected chi connectivity index (χ1v) is 8.77. The lowest BCUT2D eigenvalue weighted by Gasteiger charge is -2.22. The van der Waals surface area contributed by atoms with Gasteiger partial charge in [-0.1, -0.05) is 41.9 Å². The van der Waals surface area contributed by atoms with Crippen LogP contribution in [0.4, 0.5) is 17.3 Å². The van der Waals surface area contributed by atoms with Gasteiger partial charge in [0.2, 0.25) is 5.95 Å². The van der Waals surface area contributed by atoms with Crippen molar-refractivity contribution in [1.29, 1.82) is 0 Å². The number of halogens is 1. The molecule has 4 rings (SSSR count). The summed E-state index contributed by atoms with van der Waals surface area (Å²) in [5.74, 6) is 0.205. The Kier molecular flexibility index (Phi) is 4.31. The number of rotatable bonds is 3. The second kappa shape index (κ2) is 6.77. The molecule has 2 heterocycles. The summed E-state index contributed by atoms with van der Waals surface area (Å²) in [6, 6.07) is 17.1. The Morgan fingerprint density at radius 3 is 2.77 bits per heavy atom. The van der Waals surface area contributed by atoms with E-state index in [1.807, 2.05) is 24.3 Å². The summed E-state index contributed by atoms with van der Waals surface area (Å²) in [7, 11) is 0. The third-order valence-corrected chi connectivity index (χ3v) is 4.75. The molecule has 1 unspecified atom stereocenters. The molecule has 0 saturated carbocycles. The van der Waals surface area contributed by atoms with Crippen molar-refractivity contribution in [2.24, 2.45) is 0 Å². The zero-order chi connectivity index (χ0) is 18.1. The highest BCUT2D eigenvalue weighted by atomic mass is 35.5. The maximum Gasteiger partial charge on any atom is 0.274 e. The van der Waals surface area contributed by atoms with Gasteiger partial charge in [0, 0.05) is 17.9 Å². The fourth-order valence-electron chi connectivity index (χ4n) is 3.21. The number of nitrogens with zero attached hydrogens (tertiary/aromatic N) is 3. The van der Waals surface area contributed by atoms with Gasteiger partial charge in [0.05, 0.1) is 10.7 Å². The second-order valence-electron chi connectivity index (χ2n) is 6.23. The van der Waals surface area contributed by atoms with Crippen molar-refractivity contribution < 1.29 is 4.79 Å². The number of carbonyl (C=O) groups is 1. The van der Waals surface area contributed by atoms with Gasteiger partial charge in [0.1, 0.15) is 5.69 Å². The Morgan fingerprint density at radius 2 is 1.92 bits per heavy atom. The standard InChI is InChI=1S/C20H17ClN4O/c1-13-12-14-6-2-5-9-18(14)25(13)20-22-11-10-17(24-20)19(26)23-16-8-4-3-7-15(16)21/h2-11,13H,12H2,1H3,(H,23,26). The van der Waals surface area contributed by atoms with E-state index >= 15 is 0 Å². The van der Waals surface area contributed by atoms with Crippen molar-refractivity contribution in [3.8, 4) is 0 Å². The van der Waals surface area contributed by atoms with Gasteiger partial charge in [-0.15, -0.1) is 0 Å². The summed E-state index contributed by atoms with van der Waals surface area (Å²) in [6.07, 6.45) is 2.53. The van der Waals surface area contributed by atoms with Crippen molar-refractivity contribution >= 4 is 34.8 Å². The van der Waals surface area contributed by atoms with Crippen LogP contribution in [0.2, 0.25) is 5.02 Å². The summed E-state index contributed by atoms with van der Waals surface area (Å²) in [5, 5.41) is 3.28. The van der Waals surface area contributed by atoms with Crippen molar-refractivity contribution in [1.82, 2.24) is 9.97 Å². The van der Waals surface area contributed by atoms with E-state index < -0.39 is 0 Å². The van der Waals surface area contributed by atoms with Gasteiger partial charge in [-0.05, 0) is 43.2 Å². The van der Waals surface area contributed by atoms with E-state index in [9.17, 15) is 4.79 Å². The Hall–Kier alpha value is -2.92. The van der Waals surface area contributed by atoms with Crippen molar-refractivity contribution in [2.45, 2.75) is 19.4 Å². The second-order valence-corrected chi connectivity index (χ2v) is 6.63. The maximum atomic E-state index is 12.6. The first-order chi connectivity index (χ1) is 12.6. The van der Waals surface area contributed by atoms with Crippen LogP contribution >= 0.6 is 11.6 Å². The third kappa shape index (κ3) is 3.02. The highest BCUT2D eigenvalue weighted by Crippen LogP contribution is 2.36. The lowest BCUT2D eigenvalue weighted by atomic mass is 10.1. The number of anilines is 3. The number of amides is 1. The number of aromatic nitrogens is 2. The monoisotopic (exact) mass is 364 g/mol. The van der Waals surface area contributed by atoms with Crippen LogP contribution in [0.25, 0.3) is 0 Å². The Labute approximate surface area is 156 Å². The molecule has 0 fully saturated rings. The number of fused-ring (bicyclic) bond motifs is 1. The fourth-order valence-corrected chi connectivity index (χ4v) is 3.39. The number of nitrogens with one attached hydrogen (secondary N) is 1. The summed E-state index contributed by atoms with van der Waals surface area (Å²) in [6.45, 7) is 2.12. The minimum Gasteiger partial charge on any atom is -0.319 e. The molecular formula is C20H17ClN4O. The van der Waals surface area contributed by atoms with E-state index in [-0.39, 0.29) is 11.9 Å². The first kappa shape index (κ1) is 16.5. The van der Waals surface area contributed by atoms with Crippen LogP contribution in [0.5, 0.6) is 0 Å². The van der Waals surface area contributed by atoms with Gasteiger partial charge in [-0.25, -0.2) is 9.97 Å². The molecular weight excluding hydrogens is 348 g/mol. The van der Waals surface area contributed by atoms with Gasteiger partial charge in [0.25, 0.3) is 5.91 Å². The summed E-state index contributed by atoms with van der Waals surface area (Å²) in [4.78, 5) is 23.5. The highest BCUT2D eigenvalue weighted by Gasteiger charge is 2.29. The average Bonchev–Trinajstić information content (AvgIpc) is 2.99. The van der Waals surface area contributed by atoms with E-state index in [2.05, 4.69) is 39.2 Å². The molecule has 130 valence electrons. The molecule has 26 heavy (non-hydrogen) atoms. The van der Waals surface area contributed by atoms with E-state index in [4.69, 9.17) is 11.6 Å². The Balaban J connectivity index is 1.63. The number of benzene rings is 2. The van der Waals surface area contributed by atoms with Crippen LogP contribution in [0.15, 0.2) is 60.8 Å². The van der Waals surface area contributed by atoms with Crippen LogP contribution in [0.1, 0.15) is 23.0 Å². The van der Waals surface area contributed by atoms with Crippen molar-refractivity contribution in [3.05, 3.63) is 77.1 Å². The molecule has 5 nitrogen and oxygen atoms in total. The minimum atomic E-state index is -0.318. The SMILES string of the molecule is CC1Cc2ccccc2N1c1nccc(C(=O)Nc2ccccc2Cl)n1. The van der Waals surface area contributed by atoms with Crippen LogP contribution in [-0.2, 0) is 6.42 Å². The maximum absolute atomic E-state index is 12.6. The molecule has 1 N–H and O–H groups in total. The predicted molar refractivity (Wildman–Crippen MR) is 103 cm³/mol. The van der Waals surface area contributed by atoms with Gasteiger partial charge < -0.3 is 10.2 Å². The molecule has 1 atom stereocenters. The number of para-hydroxylation sites is 2. The van der Waals surface area contributed by atoms with E-state index in [1.54, 1.807) is 24.4 Å². The number of hydrogen-bond acceptors (Lipinski definition) is 4. The minimum absolute atomic E-state index is 0.231.